The lowest BCUT2D eigenvalue weighted by Gasteiger charge is -2.40. The Morgan fingerprint density at radius 1 is 1.32 bits per heavy atom. The number of Topliss-reactive ketones (excluding diaryl/α,β-unsaturated/α-hetero) is 1. The first kappa shape index (κ1) is 13.9. The summed E-state index contributed by atoms with van der Waals surface area (Å²) in [5.74, 6) is 1.08. The Kier molecular flexibility index (Phi) is 3.12. The maximum absolute atomic E-state index is 11.7. The molecule has 0 amide bonds. The molecule has 0 aromatic heterocycles. The van der Waals surface area contributed by atoms with Crippen molar-refractivity contribution in [1.29, 1.82) is 0 Å². The minimum atomic E-state index is -0.256. The molecule has 2 rings (SSSR count). The number of rotatable bonds is 1. The maximum Gasteiger partial charge on any atom is 0.163 e. The first-order chi connectivity index (χ1) is 8.66. The quantitative estimate of drug-likeness (QED) is 0.787. The van der Waals surface area contributed by atoms with Crippen molar-refractivity contribution in [2.75, 3.05) is 0 Å². The van der Waals surface area contributed by atoms with Gasteiger partial charge in [0.2, 0.25) is 0 Å². The maximum atomic E-state index is 11.7. The van der Waals surface area contributed by atoms with Crippen LogP contribution in [0.15, 0.2) is 0 Å². The highest BCUT2D eigenvalue weighted by Gasteiger charge is 2.37. The van der Waals surface area contributed by atoms with Crippen molar-refractivity contribution in [2.24, 2.45) is 5.92 Å². The van der Waals surface area contributed by atoms with Gasteiger partial charge >= 0.3 is 0 Å². The van der Waals surface area contributed by atoms with Crippen LogP contribution in [0.4, 0.5) is 0 Å². The second-order valence-electron chi connectivity index (χ2n) is 6.15. The van der Waals surface area contributed by atoms with Crippen LogP contribution >= 0.6 is 0 Å². The predicted molar refractivity (Wildman–Crippen MR) is 75.2 cm³/mol. The largest absolute Gasteiger partial charge is 0.507 e. The molecule has 1 aliphatic heterocycles. The first-order valence-electron chi connectivity index (χ1n) is 6.71. The highest BCUT2D eigenvalue weighted by molar-refractivity contribution is 5.99. The Morgan fingerprint density at radius 2 is 1.89 bits per heavy atom. The van der Waals surface area contributed by atoms with Crippen molar-refractivity contribution < 1.29 is 14.6 Å². The minimum Gasteiger partial charge on any atom is -0.507 e. The molecule has 1 N–H and O–H groups in total. The topological polar surface area (TPSA) is 46.5 Å². The fourth-order valence-electron chi connectivity index (χ4n) is 2.75. The molecule has 1 aromatic rings. The number of aromatic hydroxyl groups is 1. The van der Waals surface area contributed by atoms with E-state index >= 15 is 0 Å². The van der Waals surface area contributed by atoms with Crippen LogP contribution in [0.25, 0.3) is 0 Å². The predicted octanol–water partition coefficient (Wildman–Crippen LogP) is 3.56. The van der Waals surface area contributed by atoms with E-state index < -0.39 is 0 Å². The zero-order valence-corrected chi connectivity index (χ0v) is 12.5. The number of hydrogen-bond acceptors (Lipinski definition) is 3. The summed E-state index contributed by atoms with van der Waals surface area (Å²) in [4.78, 5) is 11.7. The van der Waals surface area contributed by atoms with E-state index in [1.807, 2.05) is 13.8 Å². The van der Waals surface area contributed by atoms with Gasteiger partial charge in [-0.1, -0.05) is 6.92 Å². The Morgan fingerprint density at radius 3 is 2.42 bits per heavy atom. The Labute approximate surface area is 114 Å². The summed E-state index contributed by atoms with van der Waals surface area (Å²) in [7, 11) is 0. The van der Waals surface area contributed by atoms with E-state index in [-0.39, 0.29) is 17.1 Å². The number of ketones is 1. The second kappa shape index (κ2) is 4.26. The molecule has 1 aromatic carbocycles. The fraction of sp³-hybridized carbons (Fsp3) is 0.562. The van der Waals surface area contributed by atoms with E-state index in [0.29, 0.717) is 17.0 Å². The summed E-state index contributed by atoms with van der Waals surface area (Å²) in [5.41, 5.74) is 2.77. The SMILES string of the molecule is CC(=O)c1c(C)c2c(c(C)c1O)OC(C)(C)C(C)C2. The van der Waals surface area contributed by atoms with Crippen molar-refractivity contribution in [1.82, 2.24) is 0 Å². The highest BCUT2D eigenvalue weighted by atomic mass is 16.5. The number of fused-ring (bicyclic) bond motifs is 1. The molecule has 3 heteroatoms. The molecular formula is C16H22O3. The van der Waals surface area contributed by atoms with Crippen LogP contribution in [0.1, 0.15) is 54.7 Å². The summed E-state index contributed by atoms with van der Waals surface area (Å²) in [6.07, 6.45) is 0.871. The third-order valence-corrected chi connectivity index (χ3v) is 4.45. The zero-order valence-electron chi connectivity index (χ0n) is 12.5. The van der Waals surface area contributed by atoms with Gasteiger partial charge in [0.05, 0.1) is 5.56 Å². The molecule has 1 aliphatic rings. The first-order valence-corrected chi connectivity index (χ1v) is 6.71. The molecular weight excluding hydrogens is 240 g/mol. The van der Waals surface area contributed by atoms with E-state index in [1.165, 1.54) is 6.92 Å². The highest BCUT2D eigenvalue weighted by Crippen LogP contribution is 2.45. The van der Waals surface area contributed by atoms with Gasteiger partial charge in [-0.25, -0.2) is 0 Å². The van der Waals surface area contributed by atoms with Crippen LogP contribution in [0.5, 0.6) is 11.5 Å². The molecule has 1 atom stereocenters. The van der Waals surface area contributed by atoms with Crippen molar-refractivity contribution in [3.63, 3.8) is 0 Å². The fourth-order valence-corrected chi connectivity index (χ4v) is 2.75. The molecule has 0 fully saturated rings. The van der Waals surface area contributed by atoms with Crippen LogP contribution in [-0.4, -0.2) is 16.5 Å². The van der Waals surface area contributed by atoms with E-state index in [2.05, 4.69) is 20.8 Å². The molecule has 104 valence electrons. The molecule has 0 saturated carbocycles. The number of ether oxygens (including phenoxy) is 1. The van der Waals surface area contributed by atoms with Gasteiger partial charge in [-0.3, -0.25) is 4.79 Å². The van der Waals surface area contributed by atoms with Gasteiger partial charge < -0.3 is 9.84 Å². The Balaban J connectivity index is 2.73. The summed E-state index contributed by atoms with van der Waals surface area (Å²) in [6, 6.07) is 0. The summed E-state index contributed by atoms with van der Waals surface area (Å²) >= 11 is 0. The van der Waals surface area contributed by atoms with Crippen LogP contribution in [0.3, 0.4) is 0 Å². The molecule has 0 spiro atoms. The third-order valence-electron chi connectivity index (χ3n) is 4.45. The van der Waals surface area contributed by atoms with E-state index in [1.54, 1.807) is 0 Å². The van der Waals surface area contributed by atoms with Crippen LogP contribution in [0.2, 0.25) is 0 Å². The minimum absolute atomic E-state index is 0.0640. The number of carbonyl (C=O) groups excluding carboxylic acids is 1. The standard InChI is InChI=1S/C16H22O3/c1-8-7-12-9(2)13(11(4)17)14(18)10(3)15(12)19-16(8,5)6/h8,18H,7H2,1-6H3. The monoisotopic (exact) mass is 262 g/mol. The molecule has 3 nitrogen and oxygen atoms in total. The molecule has 1 unspecified atom stereocenters. The lowest BCUT2D eigenvalue weighted by atomic mass is 9.80. The average Bonchev–Trinajstić information content (AvgIpc) is 2.28. The normalized spacial score (nSPS) is 20.6. The molecule has 0 bridgehead atoms. The molecule has 19 heavy (non-hydrogen) atoms. The van der Waals surface area contributed by atoms with Crippen molar-refractivity contribution >= 4 is 5.78 Å². The van der Waals surface area contributed by atoms with Crippen molar-refractivity contribution in [3.8, 4) is 11.5 Å². The third kappa shape index (κ3) is 2.01. The number of phenolic OH excluding ortho intramolecular Hbond substituents is 1. The Bertz CT molecular complexity index is 556. The summed E-state index contributed by atoms with van der Waals surface area (Å²) in [5, 5.41) is 10.2. The average molecular weight is 262 g/mol. The number of phenols is 1. The summed E-state index contributed by atoms with van der Waals surface area (Å²) < 4.78 is 6.09. The smallest absolute Gasteiger partial charge is 0.163 e. The van der Waals surface area contributed by atoms with Gasteiger partial charge in [-0.15, -0.1) is 0 Å². The van der Waals surface area contributed by atoms with Gasteiger partial charge in [0.1, 0.15) is 17.1 Å². The van der Waals surface area contributed by atoms with E-state index in [9.17, 15) is 9.90 Å². The molecule has 0 aliphatic carbocycles. The number of benzene rings is 1. The lowest BCUT2D eigenvalue weighted by Crippen LogP contribution is -2.41. The van der Waals surface area contributed by atoms with E-state index in [4.69, 9.17) is 4.74 Å². The number of hydrogen-bond donors (Lipinski definition) is 1. The van der Waals surface area contributed by atoms with Crippen molar-refractivity contribution in [3.05, 3.63) is 22.3 Å². The lowest BCUT2D eigenvalue weighted by molar-refractivity contribution is 0.0341. The number of carbonyl (C=O) groups is 1. The van der Waals surface area contributed by atoms with Crippen LogP contribution < -0.4 is 4.74 Å². The molecule has 1 heterocycles. The van der Waals surface area contributed by atoms with Gasteiger partial charge in [0, 0.05) is 5.56 Å². The van der Waals surface area contributed by atoms with Crippen LogP contribution in [-0.2, 0) is 6.42 Å². The zero-order chi connectivity index (χ0) is 14.5. The van der Waals surface area contributed by atoms with Gasteiger partial charge in [0.25, 0.3) is 0 Å². The molecule has 0 saturated heterocycles. The van der Waals surface area contributed by atoms with E-state index in [0.717, 1.165) is 23.3 Å². The molecule has 0 radical (unpaired) electrons. The summed E-state index contributed by atoms with van der Waals surface area (Å²) in [6.45, 7) is 11.5. The second-order valence-corrected chi connectivity index (χ2v) is 6.15. The van der Waals surface area contributed by atoms with Gasteiger partial charge in [-0.2, -0.15) is 0 Å². The Hall–Kier alpha value is -1.51. The van der Waals surface area contributed by atoms with Crippen molar-refractivity contribution in [2.45, 2.75) is 53.6 Å². The van der Waals surface area contributed by atoms with Gasteiger partial charge in [-0.05, 0) is 58.1 Å². The van der Waals surface area contributed by atoms with Gasteiger partial charge in [0.15, 0.2) is 5.78 Å². The van der Waals surface area contributed by atoms with Crippen LogP contribution in [0, 0.1) is 19.8 Å².